The summed E-state index contributed by atoms with van der Waals surface area (Å²) in [6.07, 6.45) is 0. The van der Waals surface area contributed by atoms with Crippen LogP contribution >= 0.6 is 0 Å². The Balaban J connectivity index is 1.42. The van der Waals surface area contributed by atoms with E-state index in [0.29, 0.717) is 22.5 Å². The van der Waals surface area contributed by atoms with Gasteiger partial charge in [-0.05, 0) is 60.7 Å². The number of aromatic amines is 1. The van der Waals surface area contributed by atoms with Gasteiger partial charge >= 0.3 is 5.76 Å². The maximum Gasteiger partial charge on any atom is 0.439 e. The van der Waals surface area contributed by atoms with Crippen LogP contribution in [0.2, 0.25) is 0 Å². The summed E-state index contributed by atoms with van der Waals surface area (Å²) >= 11 is 0. The topological polar surface area (TPSA) is 134 Å². The molecule has 0 spiro atoms. The van der Waals surface area contributed by atoms with Crippen molar-refractivity contribution in [2.45, 2.75) is 4.90 Å². The zero-order chi connectivity index (χ0) is 21.8. The number of aromatic nitrogens is 2. The molecule has 4 rings (SSSR count). The normalized spacial score (nSPS) is 11.1. The molecule has 156 valence electrons. The van der Waals surface area contributed by atoms with Gasteiger partial charge in [-0.3, -0.25) is 19.0 Å². The van der Waals surface area contributed by atoms with Crippen LogP contribution in [0.3, 0.4) is 0 Å². The second-order valence-corrected chi connectivity index (χ2v) is 8.15. The lowest BCUT2D eigenvalue weighted by atomic mass is 10.1. The predicted molar refractivity (Wildman–Crippen MR) is 114 cm³/mol. The van der Waals surface area contributed by atoms with Gasteiger partial charge < -0.3 is 5.32 Å². The molecule has 0 aliphatic rings. The molecule has 0 aliphatic heterocycles. The molecule has 1 heterocycles. The number of anilines is 2. The van der Waals surface area contributed by atoms with Crippen LogP contribution < -0.4 is 15.8 Å². The molecule has 9 nitrogen and oxygen atoms in total. The summed E-state index contributed by atoms with van der Waals surface area (Å²) in [4.78, 5) is 26.1. The third-order valence-corrected chi connectivity index (χ3v) is 5.71. The van der Waals surface area contributed by atoms with Gasteiger partial charge in [-0.15, -0.1) is 0 Å². The first-order valence-electron chi connectivity index (χ1n) is 9.06. The van der Waals surface area contributed by atoms with Crippen LogP contribution in [0.5, 0.6) is 0 Å². The Labute approximate surface area is 176 Å². The van der Waals surface area contributed by atoms with Crippen LogP contribution in [0.1, 0.15) is 10.4 Å². The Kier molecular flexibility index (Phi) is 5.37. The van der Waals surface area contributed by atoms with Gasteiger partial charge in [0.2, 0.25) is 0 Å². The van der Waals surface area contributed by atoms with Crippen molar-refractivity contribution in [3.63, 3.8) is 0 Å². The average molecular weight is 436 g/mol. The molecule has 3 N–H and O–H groups in total. The van der Waals surface area contributed by atoms with Crippen molar-refractivity contribution < 1.29 is 17.7 Å². The second-order valence-electron chi connectivity index (χ2n) is 6.47. The molecule has 0 aliphatic carbocycles. The van der Waals surface area contributed by atoms with Gasteiger partial charge in [0.05, 0.1) is 4.90 Å². The molecule has 0 atom stereocenters. The third kappa shape index (κ3) is 4.70. The molecule has 0 radical (unpaired) electrons. The van der Waals surface area contributed by atoms with E-state index in [4.69, 9.17) is 0 Å². The maximum absolute atomic E-state index is 12.5. The molecule has 0 fully saturated rings. The Morgan fingerprint density at radius 2 is 1.52 bits per heavy atom. The molecule has 4 aromatic rings. The summed E-state index contributed by atoms with van der Waals surface area (Å²) in [5.74, 6) is -0.724. The van der Waals surface area contributed by atoms with Gasteiger partial charge in [-0.1, -0.05) is 23.4 Å². The molecular weight excluding hydrogens is 420 g/mol. The van der Waals surface area contributed by atoms with Crippen LogP contribution in [-0.4, -0.2) is 24.5 Å². The first kappa shape index (κ1) is 20.1. The fourth-order valence-corrected chi connectivity index (χ4v) is 3.85. The molecule has 0 unspecified atom stereocenters. The van der Waals surface area contributed by atoms with Crippen LogP contribution in [0.25, 0.3) is 11.4 Å². The van der Waals surface area contributed by atoms with Crippen molar-refractivity contribution in [2.24, 2.45) is 0 Å². The third-order valence-electron chi connectivity index (χ3n) is 4.31. The highest BCUT2D eigenvalue weighted by Gasteiger charge is 2.14. The molecule has 3 aromatic carbocycles. The van der Waals surface area contributed by atoms with E-state index in [-0.39, 0.29) is 16.6 Å². The number of sulfonamides is 1. The first-order valence-corrected chi connectivity index (χ1v) is 10.5. The largest absolute Gasteiger partial charge is 0.439 e. The van der Waals surface area contributed by atoms with E-state index >= 15 is 0 Å². The van der Waals surface area contributed by atoms with E-state index in [9.17, 15) is 18.0 Å². The summed E-state index contributed by atoms with van der Waals surface area (Å²) in [7, 11) is -3.70. The summed E-state index contributed by atoms with van der Waals surface area (Å²) in [5.41, 5.74) is 1.85. The van der Waals surface area contributed by atoms with Crippen molar-refractivity contribution in [3.8, 4) is 11.4 Å². The van der Waals surface area contributed by atoms with Crippen LogP contribution in [0.4, 0.5) is 11.4 Å². The molecule has 31 heavy (non-hydrogen) atoms. The summed E-state index contributed by atoms with van der Waals surface area (Å²) in [6, 6.07) is 20.7. The van der Waals surface area contributed by atoms with Gasteiger partial charge in [0, 0.05) is 22.5 Å². The Morgan fingerprint density at radius 1 is 0.871 bits per heavy atom. The average Bonchev–Trinajstić information content (AvgIpc) is 3.21. The maximum atomic E-state index is 12.5. The number of nitrogens with zero attached hydrogens (tertiary/aromatic N) is 1. The number of benzene rings is 3. The minimum Gasteiger partial charge on any atom is -0.322 e. The van der Waals surface area contributed by atoms with E-state index in [1.807, 2.05) is 0 Å². The smallest absolute Gasteiger partial charge is 0.322 e. The summed E-state index contributed by atoms with van der Waals surface area (Å²) in [5, 5.41) is 6.34. The minimum atomic E-state index is -3.70. The van der Waals surface area contributed by atoms with Crippen molar-refractivity contribution in [2.75, 3.05) is 10.0 Å². The predicted octanol–water partition coefficient (Wildman–Crippen LogP) is 3.08. The van der Waals surface area contributed by atoms with E-state index in [1.54, 1.807) is 42.5 Å². The summed E-state index contributed by atoms with van der Waals surface area (Å²) in [6.45, 7) is 0. The monoisotopic (exact) mass is 436 g/mol. The Hall–Kier alpha value is -4.18. The van der Waals surface area contributed by atoms with Crippen molar-refractivity contribution in [1.82, 2.24) is 10.1 Å². The fourth-order valence-electron chi connectivity index (χ4n) is 2.77. The van der Waals surface area contributed by atoms with E-state index in [0.717, 1.165) is 0 Å². The highest BCUT2D eigenvalue weighted by atomic mass is 32.2. The highest BCUT2D eigenvalue weighted by Crippen LogP contribution is 2.19. The van der Waals surface area contributed by atoms with E-state index < -0.39 is 15.8 Å². The van der Waals surface area contributed by atoms with Gasteiger partial charge in [-0.25, -0.2) is 13.2 Å². The van der Waals surface area contributed by atoms with E-state index in [2.05, 4.69) is 24.7 Å². The number of carbonyl (C=O) groups is 1. The Bertz CT molecular complexity index is 1360. The standard InChI is InChI=1S/C21H16N4O5S/c26-20(22-16-10-6-14(7-11-16)19-23-21(27)30-24-19)15-8-12-17(13-9-15)25-31(28,29)18-4-2-1-3-5-18/h1-13,25H,(H,22,26)(H,23,24,27). The van der Waals surface area contributed by atoms with Crippen LogP contribution in [-0.2, 0) is 10.0 Å². The quantitative estimate of drug-likeness (QED) is 0.425. The second kappa shape index (κ2) is 8.28. The minimum absolute atomic E-state index is 0.148. The van der Waals surface area contributed by atoms with Crippen LogP contribution in [0.15, 0.2) is 93.1 Å². The molecule has 1 aromatic heterocycles. The number of hydrogen-bond acceptors (Lipinski definition) is 6. The SMILES string of the molecule is O=C(Nc1ccc(-c2noc(=O)[nH]2)cc1)c1ccc(NS(=O)(=O)c2ccccc2)cc1. The van der Waals surface area contributed by atoms with Gasteiger partial charge in [0.15, 0.2) is 5.82 Å². The zero-order valence-electron chi connectivity index (χ0n) is 15.9. The van der Waals surface area contributed by atoms with Gasteiger partial charge in [0.25, 0.3) is 15.9 Å². The Morgan fingerprint density at radius 3 is 2.13 bits per heavy atom. The highest BCUT2D eigenvalue weighted by molar-refractivity contribution is 7.92. The fraction of sp³-hybridized carbons (Fsp3) is 0. The number of amides is 1. The molecule has 1 amide bonds. The van der Waals surface area contributed by atoms with Crippen LogP contribution in [0, 0.1) is 0 Å². The number of hydrogen-bond donors (Lipinski definition) is 3. The number of rotatable bonds is 6. The lowest BCUT2D eigenvalue weighted by Crippen LogP contribution is -2.14. The van der Waals surface area contributed by atoms with Gasteiger partial charge in [0.1, 0.15) is 0 Å². The number of carbonyl (C=O) groups excluding carboxylic acids is 1. The number of nitrogens with one attached hydrogen (secondary N) is 3. The lowest BCUT2D eigenvalue weighted by Gasteiger charge is -2.09. The van der Waals surface area contributed by atoms with Gasteiger partial charge in [-0.2, -0.15) is 0 Å². The summed E-state index contributed by atoms with van der Waals surface area (Å²) < 4.78 is 31.7. The molecular formula is C21H16N4O5S. The zero-order valence-corrected chi connectivity index (χ0v) is 16.7. The van der Waals surface area contributed by atoms with Crippen molar-refractivity contribution in [3.05, 3.63) is 95.0 Å². The van der Waals surface area contributed by atoms with Crippen molar-refractivity contribution in [1.29, 1.82) is 0 Å². The molecule has 10 heteroatoms. The van der Waals surface area contributed by atoms with E-state index in [1.165, 1.54) is 36.4 Å². The molecule has 0 bridgehead atoms. The first-order chi connectivity index (χ1) is 14.9. The van der Waals surface area contributed by atoms with Crippen molar-refractivity contribution >= 4 is 27.3 Å². The number of H-pyrrole nitrogens is 1. The molecule has 0 saturated heterocycles. The lowest BCUT2D eigenvalue weighted by molar-refractivity contribution is 0.102. The molecule has 0 saturated carbocycles.